The molecule has 0 aromatic heterocycles. The van der Waals surface area contributed by atoms with E-state index in [4.69, 9.17) is 21.1 Å². The summed E-state index contributed by atoms with van der Waals surface area (Å²) in [5.74, 6) is 0.166. The fourth-order valence-electron chi connectivity index (χ4n) is 2.72. The van der Waals surface area contributed by atoms with Crippen LogP contribution in [0.5, 0.6) is 11.5 Å². The molecule has 3 rings (SSSR count). The van der Waals surface area contributed by atoms with E-state index in [-0.39, 0.29) is 17.4 Å². The van der Waals surface area contributed by atoms with Crippen molar-refractivity contribution >= 4 is 56.1 Å². The van der Waals surface area contributed by atoms with E-state index in [0.717, 1.165) is 17.5 Å². The first kappa shape index (κ1) is 21.4. The van der Waals surface area contributed by atoms with Gasteiger partial charge in [0.2, 0.25) is 0 Å². The van der Waals surface area contributed by atoms with E-state index in [1.54, 1.807) is 25.1 Å². The highest BCUT2D eigenvalue weighted by Crippen LogP contribution is 2.37. The van der Waals surface area contributed by atoms with Gasteiger partial charge in [0.15, 0.2) is 15.8 Å². The molecule has 0 bridgehead atoms. The first-order valence-electron chi connectivity index (χ1n) is 8.69. The fourth-order valence-corrected chi connectivity index (χ4v) is 4.49. The number of thiocarbonyl (C=S) groups is 1. The van der Waals surface area contributed by atoms with Gasteiger partial charge in [-0.1, -0.05) is 42.2 Å². The topological polar surface area (TPSA) is 72.9 Å². The predicted octanol–water partition coefficient (Wildman–Crippen LogP) is 4.14. The smallest absolute Gasteiger partial charge is 0.306 e. The number of hydrogen-bond donors (Lipinski definition) is 0. The Hall–Kier alpha value is -2.36. The third-order valence-corrected chi connectivity index (χ3v) is 5.64. The lowest BCUT2D eigenvalue weighted by Crippen LogP contribution is -2.27. The molecule has 0 aliphatic carbocycles. The Balaban J connectivity index is 1.92. The number of nitrogens with zero attached hydrogens (tertiary/aromatic N) is 1. The van der Waals surface area contributed by atoms with Crippen LogP contribution in [-0.2, 0) is 14.9 Å². The maximum Gasteiger partial charge on any atom is 0.306 e. The summed E-state index contributed by atoms with van der Waals surface area (Å²) in [7, 11) is -3.69. The minimum absolute atomic E-state index is 0.0961. The van der Waals surface area contributed by atoms with Crippen LogP contribution < -0.4 is 13.8 Å². The van der Waals surface area contributed by atoms with Gasteiger partial charge in [-0.3, -0.25) is 9.69 Å². The zero-order valence-electron chi connectivity index (χ0n) is 16.0. The third kappa shape index (κ3) is 5.17. The van der Waals surface area contributed by atoms with Crippen LogP contribution in [0.3, 0.4) is 0 Å². The van der Waals surface area contributed by atoms with E-state index in [9.17, 15) is 13.2 Å². The Morgan fingerprint density at radius 1 is 1.17 bits per heavy atom. The molecule has 0 atom stereocenters. The molecule has 0 saturated carbocycles. The predicted molar refractivity (Wildman–Crippen MR) is 120 cm³/mol. The molecule has 0 spiro atoms. The lowest BCUT2D eigenvalue weighted by molar-refractivity contribution is -0.113. The number of aryl methyl sites for hydroxylation is 1. The fraction of sp³-hybridized carbons (Fsp3) is 0.200. The Bertz CT molecular complexity index is 1110. The number of benzene rings is 2. The number of rotatable bonds is 6. The SMILES string of the molecule is CCOc1cc(/C=C2/SC(=S)N(c3cccc(C)c3)C2=O)ccc1OS(C)(=O)=O. The van der Waals surface area contributed by atoms with E-state index in [1.807, 2.05) is 31.2 Å². The first-order valence-corrected chi connectivity index (χ1v) is 11.7. The van der Waals surface area contributed by atoms with E-state index < -0.39 is 10.1 Å². The van der Waals surface area contributed by atoms with Crippen LogP contribution in [-0.4, -0.2) is 31.5 Å². The molecule has 6 nitrogen and oxygen atoms in total. The van der Waals surface area contributed by atoms with Crippen molar-refractivity contribution in [3.05, 3.63) is 58.5 Å². The summed E-state index contributed by atoms with van der Waals surface area (Å²) < 4.78 is 33.8. The second-order valence-corrected chi connectivity index (χ2v) is 9.53. The number of anilines is 1. The number of thioether (sulfide) groups is 1. The van der Waals surface area contributed by atoms with Crippen LogP contribution in [0.2, 0.25) is 0 Å². The highest BCUT2D eigenvalue weighted by atomic mass is 32.2. The third-order valence-electron chi connectivity index (χ3n) is 3.86. The van der Waals surface area contributed by atoms with Crippen molar-refractivity contribution < 1.29 is 22.1 Å². The number of carbonyl (C=O) groups excluding carboxylic acids is 1. The number of carbonyl (C=O) groups is 1. The number of hydrogen-bond acceptors (Lipinski definition) is 7. The van der Waals surface area contributed by atoms with Crippen LogP contribution in [0.15, 0.2) is 47.4 Å². The average Bonchev–Trinajstić information content (AvgIpc) is 2.90. The summed E-state index contributed by atoms with van der Waals surface area (Å²) in [4.78, 5) is 14.9. The quantitative estimate of drug-likeness (QED) is 0.373. The number of amides is 1. The molecular weight excluding hydrogens is 430 g/mol. The standard InChI is InChI=1S/C20H19NO5S3/c1-4-25-17-11-14(8-9-16(17)26-29(3,23)24)12-18-19(22)21(20(27)28-18)15-7-5-6-13(2)10-15/h5-12H,4H2,1-3H3/b18-12+. The summed E-state index contributed by atoms with van der Waals surface area (Å²) in [5, 5.41) is 0. The summed E-state index contributed by atoms with van der Waals surface area (Å²) in [5.41, 5.74) is 2.42. The van der Waals surface area contributed by atoms with Gasteiger partial charge in [0, 0.05) is 0 Å². The lowest BCUT2D eigenvalue weighted by atomic mass is 10.1. The largest absolute Gasteiger partial charge is 0.490 e. The normalized spacial score (nSPS) is 15.8. The maximum atomic E-state index is 12.9. The van der Waals surface area contributed by atoms with Crippen molar-refractivity contribution in [3.8, 4) is 11.5 Å². The Morgan fingerprint density at radius 3 is 2.59 bits per heavy atom. The van der Waals surface area contributed by atoms with Gasteiger partial charge in [0.1, 0.15) is 0 Å². The molecule has 152 valence electrons. The van der Waals surface area contributed by atoms with E-state index in [1.165, 1.54) is 22.7 Å². The van der Waals surface area contributed by atoms with Crippen molar-refractivity contribution in [2.24, 2.45) is 0 Å². The van der Waals surface area contributed by atoms with Crippen molar-refractivity contribution in [2.45, 2.75) is 13.8 Å². The molecule has 9 heteroatoms. The van der Waals surface area contributed by atoms with Gasteiger partial charge in [-0.2, -0.15) is 8.42 Å². The molecule has 1 fully saturated rings. The van der Waals surface area contributed by atoms with Gasteiger partial charge in [0.05, 0.1) is 23.5 Å². The molecule has 0 N–H and O–H groups in total. The van der Waals surface area contributed by atoms with Gasteiger partial charge in [-0.15, -0.1) is 0 Å². The van der Waals surface area contributed by atoms with Crippen LogP contribution in [0.4, 0.5) is 5.69 Å². The van der Waals surface area contributed by atoms with Gasteiger partial charge in [-0.25, -0.2) is 0 Å². The molecule has 29 heavy (non-hydrogen) atoms. The molecule has 1 amide bonds. The minimum Gasteiger partial charge on any atom is -0.490 e. The van der Waals surface area contributed by atoms with Crippen molar-refractivity contribution in [1.82, 2.24) is 0 Å². The molecule has 1 aliphatic heterocycles. The first-order chi connectivity index (χ1) is 13.7. The van der Waals surface area contributed by atoms with Gasteiger partial charge >= 0.3 is 10.1 Å². The molecule has 0 radical (unpaired) electrons. The van der Waals surface area contributed by atoms with Crippen LogP contribution in [0, 0.1) is 6.92 Å². The van der Waals surface area contributed by atoms with Gasteiger partial charge in [0.25, 0.3) is 5.91 Å². The van der Waals surface area contributed by atoms with Crippen molar-refractivity contribution in [1.29, 1.82) is 0 Å². The van der Waals surface area contributed by atoms with Crippen LogP contribution >= 0.6 is 24.0 Å². The van der Waals surface area contributed by atoms with E-state index in [2.05, 4.69) is 0 Å². The van der Waals surface area contributed by atoms with E-state index >= 15 is 0 Å². The van der Waals surface area contributed by atoms with Gasteiger partial charge in [-0.05, 0) is 55.3 Å². The van der Waals surface area contributed by atoms with Crippen LogP contribution in [0.1, 0.15) is 18.1 Å². The highest BCUT2D eigenvalue weighted by Gasteiger charge is 2.33. The summed E-state index contributed by atoms with van der Waals surface area (Å²) in [6.45, 7) is 4.06. The Morgan fingerprint density at radius 2 is 1.93 bits per heavy atom. The molecular formula is C20H19NO5S3. The summed E-state index contributed by atoms with van der Waals surface area (Å²) >= 11 is 6.61. The lowest BCUT2D eigenvalue weighted by Gasteiger charge is -2.14. The average molecular weight is 450 g/mol. The molecule has 1 aliphatic rings. The monoisotopic (exact) mass is 449 g/mol. The molecule has 2 aromatic carbocycles. The molecule has 1 heterocycles. The van der Waals surface area contributed by atoms with Crippen molar-refractivity contribution in [3.63, 3.8) is 0 Å². The van der Waals surface area contributed by atoms with Crippen LogP contribution in [0.25, 0.3) is 6.08 Å². The zero-order chi connectivity index (χ0) is 21.2. The van der Waals surface area contributed by atoms with E-state index in [0.29, 0.717) is 21.4 Å². The maximum absolute atomic E-state index is 12.9. The molecule has 1 saturated heterocycles. The van der Waals surface area contributed by atoms with Gasteiger partial charge < -0.3 is 8.92 Å². The highest BCUT2D eigenvalue weighted by molar-refractivity contribution is 8.27. The zero-order valence-corrected chi connectivity index (χ0v) is 18.5. The Kier molecular flexibility index (Phi) is 6.30. The second kappa shape index (κ2) is 8.56. The summed E-state index contributed by atoms with van der Waals surface area (Å²) in [6, 6.07) is 12.3. The van der Waals surface area contributed by atoms with Crippen molar-refractivity contribution in [2.75, 3.05) is 17.8 Å². The Labute approximate surface area is 179 Å². The number of ether oxygens (including phenoxy) is 1. The minimum atomic E-state index is -3.69. The summed E-state index contributed by atoms with van der Waals surface area (Å²) in [6.07, 6.45) is 2.66. The second-order valence-electron chi connectivity index (χ2n) is 6.28. The molecule has 0 unspecified atom stereocenters. The molecule has 2 aromatic rings.